The summed E-state index contributed by atoms with van der Waals surface area (Å²) in [6.45, 7) is 6.21. The third-order valence-corrected chi connectivity index (χ3v) is 5.87. The molecule has 1 N–H and O–H groups in total. The zero-order valence-electron chi connectivity index (χ0n) is 14.4. The van der Waals surface area contributed by atoms with Gasteiger partial charge in [-0.3, -0.25) is 9.69 Å². The van der Waals surface area contributed by atoms with Crippen LogP contribution in [0.2, 0.25) is 5.02 Å². The molecular formula is C18H20ClN3O2S. The fourth-order valence-electron chi connectivity index (χ4n) is 2.97. The van der Waals surface area contributed by atoms with Crippen LogP contribution in [0.1, 0.15) is 49.4 Å². The van der Waals surface area contributed by atoms with E-state index in [-0.39, 0.29) is 18.5 Å². The Kier molecular flexibility index (Phi) is 4.84. The van der Waals surface area contributed by atoms with Crippen LogP contribution in [0.5, 0.6) is 0 Å². The molecule has 0 spiro atoms. The normalized spacial score (nSPS) is 20.4. The molecule has 3 rings (SSSR count). The standard InChI is InChI=1S/C18H20ClN3O2S/c1-4-18(12-5-7-13(19)8-6-12)16(23)22(17(24)21-18)9-14-10-25-15(20-14)11(2)3/h5-8,10-11H,4,9H2,1-3H3,(H,21,24). The van der Waals surface area contributed by atoms with Crippen LogP contribution in [0.25, 0.3) is 0 Å². The highest BCUT2D eigenvalue weighted by Crippen LogP contribution is 2.34. The molecule has 7 heteroatoms. The first kappa shape index (κ1) is 17.9. The molecular weight excluding hydrogens is 358 g/mol. The maximum atomic E-state index is 13.1. The number of aromatic nitrogens is 1. The van der Waals surface area contributed by atoms with Crippen molar-refractivity contribution in [1.29, 1.82) is 0 Å². The number of imide groups is 1. The number of halogens is 1. The number of thiazole rings is 1. The van der Waals surface area contributed by atoms with Crippen molar-refractivity contribution < 1.29 is 9.59 Å². The minimum absolute atomic E-state index is 0.184. The Labute approximate surface area is 156 Å². The van der Waals surface area contributed by atoms with E-state index in [1.807, 2.05) is 12.3 Å². The molecule has 1 fully saturated rings. The average molecular weight is 378 g/mol. The van der Waals surface area contributed by atoms with Gasteiger partial charge in [0.15, 0.2) is 0 Å². The molecule has 5 nitrogen and oxygen atoms in total. The second-order valence-corrected chi connectivity index (χ2v) is 7.75. The second kappa shape index (κ2) is 6.77. The Morgan fingerprint density at radius 1 is 1.28 bits per heavy atom. The number of carbonyl (C=O) groups excluding carboxylic acids is 2. The van der Waals surface area contributed by atoms with Crippen molar-refractivity contribution in [1.82, 2.24) is 15.2 Å². The first-order chi connectivity index (χ1) is 11.9. The molecule has 2 heterocycles. The Morgan fingerprint density at radius 3 is 2.52 bits per heavy atom. The molecule has 1 aliphatic heterocycles. The monoisotopic (exact) mass is 377 g/mol. The summed E-state index contributed by atoms with van der Waals surface area (Å²) in [5, 5.41) is 6.37. The highest BCUT2D eigenvalue weighted by Gasteiger charge is 2.51. The summed E-state index contributed by atoms with van der Waals surface area (Å²) in [7, 11) is 0. The van der Waals surface area contributed by atoms with Crippen LogP contribution in [-0.2, 0) is 16.9 Å². The average Bonchev–Trinajstić information content (AvgIpc) is 3.15. The zero-order valence-corrected chi connectivity index (χ0v) is 15.9. The number of hydrogen-bond acceptors (Lipinski definition) is 4. The summed E-state index contributed by atoms with van der Waals surface area (Å²) in [5.74, 6) is 0.0760. The molecule has 25 heavy (non-hydrogen) atoms. The first-order valence-electron chi connectivity index (χ1n) is 8.22. The summed E-state index contributed by atoms with van der Waals surface area (Å²) in [5.41, 5.74) is 0.431. The predicted molar refractivity (Wildman–Crippen MR) is 98.7 cm³/mol. The molecule has 0 saturated carbocycles. The van der Waals surface area contributed by atoms with E-state index in [0.717, 1.165) is 16.3 Å². The van der Waals surface area contributed by atoms with Crippen molar-refractivity contribution in [3.8, 4) is 0 Å². The highest BCUT2D eigenvalue weighted by atomic mass is 35.5. The van der Waals surface area contributed by atoms with E-state index in [0.29, 0.717) is 17.4 Å². The zero-order chi connectivity index (χ0) is 18.2. The van der Waals surface area contributed by atoms with Crippen LogP contribution in [0, 0.1) is 0 Å². The largest absolute Gasteiger partial charge is 0.325 e. The maximum Gasteiger partial charge on any atom is 0.325 e. The van der Waals surface area contributed by atoms with Crippen LogP contribution in [0.3, 0.4) is 0 Å². The van der Waals surface area contributed by atoms with Crippen LogP contribution >= 0.6 is 22.9 Å². The first-order valence-corrected chi connectivity index (χ1v) is 9.47. The van der Waals surface area contributed by atoms with Gasteiger partial charge in [-0.2, -0.15) is 0 Å². The second-order valence-electron chi connectivity index (χ2n) is 6.42. The van der Waals surface area contributed by atoms with Gasteiger partial charge in [0, 0.05) is 16.3 Å². The number of urea groups is 1. The number of carbonyl (C=O) groups is 2. The Hall–Kier alpha value is -1.92. The van der Waals surface area contributed by atoms with Gasteiger partial charge in [-0.15, -0.1) is 11.3 Å². The van der Waals surface area contributed by atoms with Gasteiger partial charge in [-0.25, -0.2) is 9.78 Å². The number of rotatable bonds is 5. The third kappa shape index (κ3) is 3.16. The van der Waals surface area contributed by atoms with Crippen LogP contribution in [0.4, 0.5) is 4.79 Å². The summed E-state index contributed by atoms with van der Waals surface area (Å²) in [6.07, 6.45) is 0.462. The molecule has 1 atom stereocenters. The molecule has 0 bridgehead atoms. The van der Waals surface area contributed by atoms with E-state index in [1.54, 1.807) is 35.6 Å². The van der Waals surface area contributed by atoms with Gasteiger partial charge in [0.1, 0.15) is 5.54 Å². The van der Waals surface area contributed by atoms with Gasteiger partial charge in [0.25, 0.3) is 5.91 Å². The lowest BCUT2D eigenvalue weighted by atomic mass is 9.87. The summed E-state index contributed by atoms with van der Waals surface area (Å²) < 4.78 is 0. The van der Waals surface area contributed by atoms with Gasteiger partial charge >= 0.3 is 6.03 Å². The van der Waals surface area contributed by atoms with Crippen LogP contribution in [0.15, 0.2) is 29.6 Å². The Morgan fingerprint density at radius 2 is 1.96 bits per heavy atom. The third-order valence-electron chi connectivity index (χ3n) is 4.43. The molecule has 132 valence electrons. The van der Waals surface area contributed by atoms with Crippen molar-refractivity contribution in [3.63, 3.8) is 0 Å². The predicted octanol–water partition coefficient (Wildman–Crippen LogP) is 4.28. The molecule has 3 amide bonds. The number of hydrogen-bond donors (Lipinski definition) is 1. The van der Waals surface area contributed by atoms with Crippen molar-refractivity contribution in [3.05, 3.63) is 50.9 Å². The number of nitrogens with zero attached hydrogens (tertiary/aromatic N) is 2. The molecule has 2 aromatic rings. The Bertz CT molecular complexity index is 803. The molecule has 1 saturated heterocycles. The van der Waals surface area contributed by atoms with Crippen molar-refractivity contribution in [2.24, 2.45) is 0 Å². The minimum Gasteiger partial charge on any atom is -0.319 e. The molecule has 1 aromatic carbocycles. The molecule has 1 unspecified atom stereocenters. The van der Waals surface area contributed by atoms with Gasteiger partial charge in [0.05, 0.1) is 17.2 Å². The van der Waals surface area contributed by atoms with Crippen molar-refractivity contribution in [2.45, 2.75) is 45.2 Å². The van der Waals surface area contributed by atoms with E-state index in [4.69, 9.17) is 11.6 Å². The lowest BCUT2D eigenvalue weighted by molar-refractivity contribution is -0.132. The molecule has 1 aliphatic rings. The lowest BCUT2D eigenvalue weighted by Gasteiger charge is -2.25. The summed E-state index contributed by atoms with van der Waals surface area (Å²) in [4.78, 5) is 31.3. The van der Waals surface area contributed by atoms with E-state index in [2.05, 4.69) is 24.1 Å². The minimum atomic E-state index is -1.04. The molecule has 1 aromatic heterocycles. The topological polar surface area (TPSA) is 62.3 Å². The summed E-state index contributed by atoms with van der Waals surface area (Å²) >= 11 is 7.50. The SMILES string of the molecule is CCC1(c2ccc(Cl)cc2)NC(=O)N(Cc2csc(C(C)C)n2)C1=O. The van der Waals surface area contributed by atoms with Gasteiger partial charge in [-0.1, -0.05) is 44.5 Å². The lowest BCUT2D eigenvalue weighted by Crippen LogP contribution is -2.43. The van der Waals surface area contributed by atoms with Gasteiger partial charge < -0.3 is 5.32 Å². The molecule has 0 aliphatic carbocycles. The number of amides is 3. The number of benzene rings is 1. The fraction of sp³-hybridized carbons (Fsp3) is 0.389. The maximum absolute atomic E-state index is 13.1. The highest BCUT2D eigenvalue weighted by molar-refractivity contribution is 7.09. The number of nitrogens with one attached hydrogen (secondary N) is 1. The van der Waals surface area contributed by atoms with E-state index in [9.17, 15) is 9.59 Å². The van der Waals surface area contributed by atoms with Crippen LogP contribution in [-0.4, -0.2) is 21.8 Å². The Balaban J connectivity index is 1.88. The van der Waals surface area contributed by atoms with Crippen molar-refractivity contribution in [2.75, 3.05) is 0 Å². The molecule has 0 radical (unpaired) electrons. The van der Waals surface area contributed by atoms with Crippen LogP contribution < -0.4 is 5.32 Å². The van der Waals surface area contributed by atoms with Crippen molar-refractivity contribution >= 4 is 34.9 Å². The fourth-order valence-corrected chi connectivity index (χ4v) is 3.92. The van der Waals surface area contributed by atoms with E-state index < -0.39 is 5.54 Å². The van der Waals surface area contributed by atoms with Gasteiger partial charge in [0.2, 0.25) is 0 Å². The van der Waals surface area contributed by atoms with E-state index in [1.165, 1.54) is 4.90 Å². The smallest absolute Gasteiger partial charge is 0.319 e. The van der Waals surface area contributed by atoms with Gasteiger partial charge in [-0.05, 0) is 24.1 Å². The summed E-state index contributed by atoms with van der Waals surface area (Å²) in [6, 6.07) is 6.64. The quantitative estimate of drug-likeness (QED) is 0.791. The van der Waals surface area contributed by atoms with E-state index >= 15 is 0 Å².